The summed E-state index contributed by atoms with van der Waals surface area (Å²) in [4.78, 5) is 0. The van der Waals surface area contributed by atoms with Gasteiger partial charge in [-0.2, -0.15) is 0 Å². The summed E-state index contributed by atoms with van der Waals surface area (Å²) in [5, 5.41) is 0. The van der Waals surface area contributed by atoms with Crippen LogP contribution in [-0.2, 0) is 0 Å². The van der Waals surface area contributed by atoms with Crippen molar-refractivity contribution in [2.75, 3.05) is 0 Å². The summed E-state index contributed by atoms with van der Waals surface area (Å²) in [7, 11) is 0. The molecule has 0 amide bonds. The van der Waals surface area contributed by atoms with Crippen molar-refractivity contribution >= 4 is 0 Å². The third-order valence-corrected chi connectivity index (χ3v) is 3.49. The van der Waals surface area contributed by atoms with E-state index >= 15 is 0 Å². The van der Waals surface area contributed by atoms with Crippen molar-refractivity contribution in [2.45, 2.75) is 54.9 Å². The van der Waals surface area contributed by atoms with Gasteiger partial charge in [-0.1, -0.05) is 48.5 Å². The van der Waals surface area contributed by atoms with E-state index in [0.717, 1.165) is 29.6 Å². The lowest BCUT2D eigenvalue weighted by atomic mass is 9.77. The van der Waals surface area contributed by atoms with Crippen LogP contribution in [0.25, 0.3) is 0 Å². The molecule has 0 aliphatic heterocycles. The lowest BCUT2D eigenvalue weighted by Gasteiger charge is -2.29. The third-order valence-electron chi connectivity index (χ3n) is 3.49. The number of rotatable bonds is 5. The van der Waals surface area contributed by atoms with Gasteiger partial charge in [-0.15, -0.1) is 0 Å². The molecule has 0 aromatic carbocycles. The Morgan fingerprint density at radius 2 is 1.00 bits per heavy atom. The van der Waals surface area contributed by atoms with E-state index in [1.165, 1.54) is 6.42 Å². The molecule has 0 aromatic heterocycles. The van der Waals surface area contributed by atoms with Gasteiger partial charge in [-0.25, -0.2) is 0 Å². The molecule has 0 saturated heterocycles. The molecular formula is C13H28. The van der Waals surface area contributed by atoms with Gasteiger partial charge >= 0.3 is 0 Å². The Hall–Kier alpha value is 0. The van der Waals surface area contributed by atoms with E-state index in [9.17, 15) is 0 Å². The van der Waals surface area contributed by atoms with Crippen LogP contribution in [0.1, 0.15) is 54.9 Å². The zero-order valence-corrected chi connectivity index (χ0v) is 10.6. The highest BCUT2D eigenvalue weighted by molar-refractivity contribution is 4.71. The minimum Gasteiger partial charge on any atom is -0.0625 e. The average molecular weight is 184 g/mol. The monoisotopic (exact) mass is 184 g/mol. The van der Waals surface area contributed by atoms with Crippen LogP contribution in [-0.4, -0.2) is 0 Å². The van der Waals surface area contributed by atoms with Gasteiger partial charge in [0.2, 0.25) is 0 Å². The molecule has 1 unspecified atom stereocenters. The van der Waals surface area contributed by atoms with E-state index in [1.54, 1.807) is 0 Å². The van der Waals surface area contributed by atoms with E-state index in [2.05, 4.69) is 48.5 Å². The first-order valence-electron chi connectivity index (χ1n) is 5.86. The maximum Gasteiger partial charge on any atom is -0.0365 e. The maximum atomic E-state index is 2.39. The van der Waals surface area contributed by atoms with E-state index in [-0.39, 0.29) is 0 Å². The van der Waals surface area contributed by atoms with Crippen LogP contribution in [0.3, 0.4) is 0 Å². The van der Waals surface area contributed by atoms with Crippen molar-refractivity contribution < 1.29 is 0 Å². The molecule has 0 nitrogen and oxygen atoms in total. The number of hydrogen-bond donors (Lipinski definition) is 0. The minimum absolute atomic E-state index is 0.833. The molecule has 80 valence electrons. The van der Waals surface area contributed by atoms with E-state index < -0.39 is 0 Å². The molecule has 13 heavy (non-hydrogen) atoms. The van der Waals surface area contributed by atoms with Crippen molar-refractivity contribution in [1.82, 2.24) is 0 Å². The summed E-state index contributed by atoms with van der Waals surface area (Å²) in [6.45, 7) is 16.5. The van der Waals surface area contributed by atoms with E-state index in [0.29, 0.717) is 0 Å². The Balaban J connectivity index is 4.10. The van der Waals surface area contributed by atoms with Gasteiger partial charge in [-0.05, 0) is 36.0 Å². The fourth-order valence-electron chi connectivity index (χ4n) is 2.02. The lowest BCUT2D eigenvalue weighted by Crippen LogP contribution is -2.20. The largest absolute Gasteiger partial charge is 0.0625 e. The molecule has 1 atom stereocenters. The van der Waals surface area contributed by atoms with Gasteiger partial charge in [0.1, 0.15) is 0 Å². The second-order valence-electron chi connectivity index (χ2n) is 5.61. The van der Waals surface area contributed by atoms with Crippen LogP contribution in [0.4, 0.5) is 0 Å². The quantitative estimate of drug-likeness (QED) is 0.586. The highest BCUT2D eigenvalue weighted by atomic mass is 14.3. The Morgan fingerprint density at radius 1 is 0.615 bits per heavy atom. The fourth-order valence-corrected chi connectivity index (χ4v) is 2.02. The van der Waals surface area contributed by atoms with Crippen LogP contribution in [0.5, 0.6) is 0 Å². The van der Waals surface area contributed by atoms with Gasteiger partial charge < -0.3 is 0 Å². The van der Waals surface area contributed by atoms with Gasteiger partial charge in [-0.3, -0.25) is 0 Å². The SMILES string of the molecule is CC(C)C(C)CC(C(C)C)C(C)C. The summed E-state index contributed by atoms with van der Waals surface area (Å²) >= 11 is 0. The lowest BCUT2D eigenvalue weighted by molar-refractivity contribution is 0.210. The zero-order valence-electron chi connectivity index (χ0n) is 10.6. The smallest absolute Gasteiger partial charge is 0.0365 e. The first kappa shape index (κ1) is 13.0. The van der Waals surface area contributed by atoms with Crippen LogP contribution < -0.4 is 0 Å². The topological polar surface area (TPSA) is 0 Å². The molecule has 0 radical (unpaired) electrons. The molecule has 0 N–H and O–H groups in total. The highest BCUT2D eigenvalue weighted by Crippen LogP contribution is 2.30. The molecule has 0 heteroatoms. The first-order valence-corrected chi connectivity index (χ1v) is 5.86. The molecule has 0 saturated carbocycles. The Labute approximate surface area is 85.1 Å². The van der Waals surface area contributed by atoms with E-state index in [1.807, 2.05) is 0 Å². The second kappa shape index (κ2) is 5.67. The molecule has 0 aliphatic rings. The van der Waals surface area contributed by atoms with Crippen LogP contribution >= 0.6 is 0 Å². The second-order valence-corrected chi connectivity index (χ2v) is 5.61. The Morgan fingerprint density at radius 3 is 1.23 bits per heavy atom. The van der Waals surface area contributed by atoms with Crippen molar-refractivity contribution in [1.29, 1.82) is 0 Å². The standard InChI is InChI=1S/C13H28/c1-9(2)12(7)8-13(10(3)4)11(5)6/h9-13H,8H2,1-7H3. The number of hydrogen-bond acceptors (Lipinski definition) is 0. The molecule has 0 heterocycles. The Bertz CT molecular complexity index is 114. The molecular weight excluding hydrogens is 156 g/mol. The predicted molar refractivity (Wildman–Crippen MR) is 61.8 cm³/mol. The summed E-state index contributed by atoms with van der Waals surface area (Å²) < 4.78 is 0. The summed E-state index contributed by atoms with van der Waals surface area (Å²) in [5.74, 6) is 4.27. The van der Waals surface area contributed by atoms with Crippen molar-refractivity contribution in [2.24, 2.45) is 29.6 Å². The molecule has 0 spiro atoms. The summed E-state index contributed by atoms with van der Waals surface area (Å²) in [5.41, 5.74) is 0. The molecule has 0 aliphatic carbocycles. The normalized spacial score (nSPS) is 15.0. The average Bonchev–Trinajstić information content (AvgIpc) is 1.97. The third kappa shape index (κ3) is 4.69. The van der Waals surface area contributed by atoms with Crippen molar-refractivity contribution in [3.05, 3.63) is 0 Å². The summed E-state index contributed by atoms with van der Waals surface area (Å²) in [6.07, 6.45) is 1.40. The Kier molecular flexibility index (Phi) is 5.67. The first-order chi connectivity index (χ1) is 5.86. The predicted octanol–water partition coefficient (Wildman–Crippen LogP) is 4.60. The fraction of sp³-hybridized carbons (Fsp3) is 1.00. The van der Waals surface area contributed by atoms with Crippen molar-refractivity contribution in [3.63, 3.8) is 0 Å². The van der Waals surface area contributed by atoms with E-state index in [4.69, 9.17) is 0 Å². The summed E-state index contributed by atoms with van der Waals surface area (Å²) in [6, 6.07) is 0. The molecule has 0 bridgehead atoms. The van der Waals surface area contributed by atoms with Crippen LogP contribution in [0.15, 0.2) is 0 Å². The van der Waals surface area contributed by atoms with Crippen LogP contribution in [0, 0.1) is 29.6 Å². The minimum atomic E-state index is 0.833. The molecule has 0 fully saturated rings. The molecule has 0 aromatic rings. The highest BCUT2D eigenvalue weighted by Gasteiger charge is 2.21. The maximum absolute atomic E-state index is 2.39. The van der Waals surface area contributed by atoms with Crippen molar-refractivity contribution in [3.8, 4) is 0 Å². The van der Waals surface area contributed by atoms with Gasteiger partial charge in [0.05, 0.1) is 0 Å². The van der Waals surface area contributed by atoms with Crippen LogP contribution in [0.2, 0.25) is 0 Å². The van der Waals surface area contributed by atoms with Gasteiger partial charge in [0.25, 0.3) is 0 Å². The van der Waals surface area contributed by atoms with Gasteiger partial charge in [0, 0.05) is 0 Å². The van der Waals surface area contributed by atoms with Gasteiger partial charge in [0.15, 0.2) is 0 Å². The molecule has 0 rings (SSSR count). The zero-order chi connectivity index (χ0) is 10.6.